The van der Waals surface area contributed by atoms with Crippen LogP contribution in [0.3, 0.4) is 0 Å². The van der Waals surface area contributed by atoms with Crippen molar-refractivity contribution < 1.29 is 14.7 Å². The van der Waals surface area contributed by atoms with Gasteiger partial charge >= 0.3 is 5.97 Å². The zero-order valence-corrected chi connectivity index (χ0v) is 20.0. The molecule has 6 rings (SSSR count). The van der Waals surface area contributed by atoms with E-state index in [1.165, 1.54) is 46.2 Å². The smallest absolute Gasteiger partial charge is 0.307 e. The number of hydrogen-bond acceptors (Lipinski definition) is 3. The third-order valence-electron chi connectivity index (χ3n) is 7.32. The molecule has 182 valence electrons. The molecule has 0 aromatic heterocycles. The van der Waals surface area contributed by atoms with Crippen LogP contribution in [0.2, 0.25) is 0 Å². The Balaban J connectivity index is 0.000000124. The second kappa shape index (κ2) is 11.3. The second-order valence-corrected chi connectivity index (χ2v) is 9.77. The Morgan fingerprint density at radius 1 is 0.629 bits per heavy atom. The molecule has 5 nitrogen and oxygen atoms in total. The molecule has 0 spiro atoms. The van der Waals surface area contributed by atoms with Crippen LogP contribution in [0.5, 0.6) is 0 Å². The maximum Gasteiger partial charge on any atom is 0.307 e. The van der Waals surface area contributed by atoms with E-state index >= 15 is 0 Å². The molecule has 3 aromatic rings. The molecule has 0 radical (unpaired) electrons. The molecule has 0 unspecified atom stereocenters. The topological polar surface area (TPSA) is 106 Å². The number of nitrogens with two attached hydrogens (primary N) is 2. The maximum absolute atomic E-state index is 10.9. The first-order chi connectivity index (χ1) is 16.9. The minimum atomic E-state index is -0.675. The van der Waals surface area contributed by atoms with Crippen molar-refractivity contribution in [3.05, 3.63) is 106 Å². The highest BCUT2D eigenvalue weighted by Crippen LogP contribution is 2.27. The Labute approximate surface area is 207 Å². The van der Waals surface area contributed by atoms with E-state index in [1.807, 2.05) is 36.4 Å². The number of carbonyl (C=O) groups excluding carboxylic acids is 1. The number of carboxylic acid groups (broad SMARTS) is 1. The quantitative estimate of drug-likeness (QED) is 0.542. The van der Waals surface area contributed by atoms with Crippen molar-refractivity contribution in [2.75, 3.05) is 6.54 Å². The lowest BCUT2D eigenvalue weighted by atomic mass is 10.1. The van der Waals surface area contributed by atoms with Crippen molar-refractivity contribution in [2.24, 2.45) is 29.2 Å². The van der Waals surface area contributed by atoms with Crippen LogP contribution < -0.4 is 11.5 Å². The Hall–Kier alpha value is -3.44. The molecule has 0 atom stereocenters. The van der Waals surface area contributed by atoms with Crippen LogP contribution in [0.25, 0.3) is 0 Å². The summed E-state index contributed by atoms with van der Waals surface area (Å²) in [7, 11) is 0. The number of hydrogen-bond donors (Lipinski definition) is 3. The highest BCUT2D eigenvalue weighted by Gasteiger charge is 2.26. The molecule has 0 saturated heterocycles. The maximum atomic E-state index is 10.9. The van der Waals surface area contributed by atoms with Gasteiger partial charge in [0.1, 0.15) is 0 Å². The van der Waals surface area contributed by atoms with Gasteiger partial charge in [0.15, 0.2) is 0 Å². The van der Waals surface area contributed by atoms with E-state index in [9.17, 15) is 9.59 Å². The normalized spacial score (nSPS) is 16.3. The third-order valence-corrected chi connectivity index (χ3v) is 7.32. The van der Waals surface area contributed by atoms with Gasteiger partial charge in [-0.1, -0.05) is 72.8 Å². The first-order valence-corrected chi connectivity index (χ1v) is 12.4. The standard InChI is InChI=1S/C10H11NO.C10H13N.C10H10O2/c11-10(12)9-5-7-3-1-2-4-8(7)6-9;11-7-8-5-9-3-1-2-4-10(9)6-8;11-10(12)9-5-7-3-1-2-4-8(7)6-9/h1-4,9H,5-6H2,(H2,11,12);1-4,8H,5-7,11H2;1-4,9H,5-6H2,(H,11,12). The molecule has 0 saturated carbocycles. The fraction of sp³-hybridized carbons (Fsp3) is 0.333. The summed E-state index contributed by atoms with van der Waals surface area (Å²) in [5.41, 5.74) is 18.8. The van der Waals surface area contributed by atoms with Crippen LogP contribution in [0.4, 0.5) is 0 Å². The summed E-state index contributed by atoms with van der Waals surface area (Å²) >= 11 is 0. The molecule has 5 N–H and O–H groups in total. The van der Waals surface area contributed by atoms with Gasteiger partial charge in [-0.25, -0.2) is 0 Å². The van der Waals surface area contributed by atoms with Gasteiger partial charge in [-0.05, 0) is 84.4 Å². The van der Waals surface area contributed by atoms with Crippen LogP contribution in [-0.2, 0) is 48.1 Å². The number of fused-ring (bicyclic) bond motifs is 3. The summed E-state index contributed by atoms with van der Waals surface area (Å²) < 4.78 is 0. The van der Waals surface area contributed by atoms with Gasteiger partial charge in [-0.2, -0.15) is 0 Å². The molecule has 5 heteroatoms. The average Bonchev–Trinajstić information content (AvgIpc) is 3.60. The second-order valence-electron chi connectivity index (χ2n) is 9.77. The molecule has 35 heavy (non-hydrogen) atoms. The first-order valence-electron chi connectivity index (χ1n) is 12.4. The van der Waals surface area contributed by atoms with Crippen LogP contribution in [0, 0.1) is 17.8 Å². The summed E-state index contributed by atoms with van der Waals surface area (Å²) in [5.74, 6) is -0.311. The van der Waals surface area contributed by atoms with Crippen molar-refractivity contribution in [3.63, 3.8) is 0 Å². The van der Waals surface area contributed by atoms with Gasteiger partial charge in [0.05, 0.1) is 5.92 Å². The van der Waals surface area contributed by atoms with Gasteiger partial charge < -0.3 is 16.6 Å². The molecule has 0 heterocycles. The largest absolute Gasteiger partial charge is 0.481 e. The van der Waals surface area contributed by atoms with Gasteiger partial charge in [-0.15, -0.1) is 0 Å². The van der Waals surface area contributed by atoms with Crippen LogP contribution in [0.1, 0.15) is 33.4 Å². The predicted octanol–water partition coefficient (Wildman–Crippen LogP) is 3.73. The summed E-state index contributed by atoms with van der Waals surface area (Å²) in [5, 5.41) is 8.79. The Kier molecular flexibility index (Phi) is 7.98. The van der Waals surface area contributed by atoms with Crippen LogP contribution in [-0.4, -0.2) is 23.5 Å². The SMILES string of the molecule is NC(=O)C1Cc2ccccc2C1.NCC1Cc2ccccc2C1.O=C(O)C1Cc2ccccc2C1. The predicted molar refractivity (Wildman–Crippen MR) is 138 cm³/mol. The minimum Gasteiger partial charge on any atom is -0.481 e. The van der Waals surface area contributed by atoms with Crippen molar-refractivity contribution in [2.45, 2.75) is 38.5 Å². The third kappa shape index (κ3) is 6.17. The lowest BCUT2D eigenvalue weighted by Crippen LogP contribution is -2.23. The van der Waals surface area contributed by atoms with Crippen molar-refractivity contribution >= 4 is 11.9 Å². The zero-order chi connectivity index (χ0) is 24.8. The van der Waals surface area contributed by atoms with Gasteiger partial charge in [0.25, 0.3) is 0 Å². The highest BCUT2D eigenvalue weighted by atomic mass is 16.4. The Morgan fingerprint density at radius 2 is 0.943 bits per heavy atom. The van der Waals surface area contributed by atoms with Crippen LogP contribution in [0.15, 0.2) is 72.8 Å². The average molecular weight is 471 g/mol. The van der Waals surface area contributed by atoms with E-state index in [1.54, 1.807) is 0 Å². The van der Waals surface area contributed by atoms with Crippen molar-refractivity contribution in [1.29, 1.82) is 0 Å². The Morgan fingerprint density at radius 3 is 1.23 bits per heavy atom. The van der Waals surface area contributed by atoms with E-state index in [2.05, 4.69) is 36.4 Å². The van der Waals surface area contributed by atoms with Crippen LogP contribution >= 0.6 is 0 Å². The number of rotatable bonds is 3. The number of carbonyl (C=O) groups is 2. The van der Waals surface area contributed by atoms with E-state index in [0.717, 1.165) is 19.4 Å². The number of amides is 1. The van der Waals surface area contributed by atoms with E-state index in [4.69, 9.17) is 16.6 Å². The van der Waals surface area contributed by atoms with Crippen molar-refractivity contribution in [3.8, 4) is 0 Å². The fourth-order valence-electron chi connectivity index (χ4n) is 5.31. The summed E-state index contributed by atoms with van der Waals surface area (Å²) in [6.45, 7) is 0.828. The number of aliphatic carboxylic acids is 1. The molecular weight excluding hydrogens is 436 g/mol. The Bertz CT molecular complexity index is 1050. The molecule has 1 amide bonds. The molecule has 3 aromatic carbocycles. The van der Waals surface area contributed by atoms with E-state index < -0.39 is 5.97 Å². The zero-order valence-electron chi connectivity index (χ0n) is 20.0. The number of benzene rings is 3. The molecule has 3 aliphatic carbocycles. The van der Waals surface area contributed by atoms with Crippen molar-refractivity contribution in [1.82, 2.24) is 0 Å². The van der Waals surface area contributed by atoms with E-state index in [-0.39, 0.29) is 17.7 Å². The summed E-state index contributed by atoms with van der Waals surface area (Å²) in [6.07, 6.45) is 5.42. The molecular formula is C30H34N2O3. The monoisotopic (exact) mass is 470 g/mol. The lowest BCUT2D eigenvalue weighted by molar-refractivity contribution is -0.141. The molecule has 0 bridgehead atoms. The van der Waals surface area contributed by atoms with Gasteiger partial charge in [0, 0.05) is 5.92 Å². The number of primary amides is 1. The number of carboxylic acids is 1. The molecule has 0 fully saturated rings. The summed E-state index contributed by atoms with van der Waals surface area (Å²) in [4.78, 5) is 21.6. The first kappa shape index (κ1) is 24.7. The van der Waals surface area contributed by atoms with E-state index in [0.29, 0.717) is 18.8 Å². The fourth-order valence-corrected chi connectivity index (χ4v) is 5.31. The van der Waals surface area contributed by atoms with Gasteiger partial charge in [0.2, 0.25) is 5.91 Å². The highest BCUT2D eigenvalue weighted by molar-refractivity contribution is 5.78. The molecule has 0 aliphatic heterocycles. The van der Waals surface area contributed by atoms with Gasteiger partial charge in [-0.3, -0.25) is 9.59 Å². The summed E-state index contributed by atoms with van der Waals surface area (Å²) in [6, 6.07) is 24.7. The molecule has 3 aliphatic rings. The lowest BCUT2D eigenvalue weighted by Gasteiger charge is -2.01. The minimum absolute atomic E-state index is 0.0300.